The van der Waals surface area contributed by atoms with Gasteiger partial charge < -0.3 is 0 Å². The van der Waals surface area contributed by atoms with Gasteiger partial charge in [-0.25, -0.2) is 0 Å². The van der Waals surface area contributed by atoms with E-state index in [0.717, 1.165) is 6.42 Å². The van der Waals surface area contributed by atoms with E-state index in [0.29, 0.717) is 5.41 Å². The minimum Gasteiger partial charge on any atom is -0.298 e. The third kappa shape index (κ3) is 3.67. The monoisotopic (exact) mass is 374 g/mol. The Labute approximate surface area is 170 Å². The fourth-order valence-electron chi connectivity index (χ4n) is 5.12. The largest absolute Gasteiger partial charge is 0.298 e. The predicted molar refractivity (Wildman–Crippen MR) is 119 cm³/mol. The van der Waals surface area contributed by atoms with Crippen LogP contribution in [0.15, 0.2) is 59.6 Å². The summed E-state index contributed by atoms with van der Waals surface area (Å²) < 4.78 is 0. The zero-order valence-corrected chi connectivity index (χ0v) is 17.9. The van der Waals surface area contributed by atoms with Crippen LogP contribution in [0.2, 0.25) is 0 Å². The number of piperidine rings is 1. The van der Waals surface area contributed by atoms with E-state index in [1.807, 2.05) is 0 Å². The van der Waals surface area contributed by atoms with Crippen molar-refractivity contribution in [3.63, 3.8) is 0 Å². The topological polar surface area (TPSA) is 15.6 Å². The van der Waals surface area contributed by atoms with Crippen LogP contribution in [-0.4, -0.2) is 29.2 Å². The van der Waals surface area contributed by atoms with Crippen molar-refractivity contribution in [3.05, 3.63) is 71.3 Å². The number of nitrogens with zero attached hydrogens (tertiary/aromatic N) is 2. The minimum atomic E-state index is 0.209. The molecule has 0 saturated carbocycles. The second kappa shape index (κ2) is 7.48. The van der Waals surface area contributed by atoms with Crippen LogP contribution in [0.1, 0.15) is 76.1 Å². The number of benzene rings is 2. The van der Waals surface area contributed by atoms with E-state index in [2.05, 4.69) is 87.2 Å². The number of rotatable bonds is 2. The van der Waals surface area contributed by atoms with Crippen molar-refractivity contribution >= 4 is 5.71 Å². The quantitative estimate of drug-likeness (QED) is 0.614. The average molecular weight is 375 g/mol. The maximum Gasteiger partial charge on any atom is 0.0724 e. The molecule has 0 aromatic heterocycles. The van der Waals surface area contributed by atoms with Crippen molar-refractivity contribution < 1.29 is 0 Å². The third-order valence-corrected chi connectivity index (χ3v) is 6.95. The fourth-order valence-corrected chi connectivity index (χ4v) is 5.12. The fraction of sp³-hybridized carbons (Fsp3) is 0.500. The number of aliphatic imine (C=N–C) groups is 1. The highest BCUT2D eigenvalue weighted by atomic mass is 15.2. The average Bonchev–Trinajstić information content (AvgIpc) is 2.71. The Hall–Kier alpha value is -1.93. The number of hydrogen-bond acceptors (Lipinski definition) is 2. The van der Waals surface area contributed by atoms with Gasteiger partial charge in [-0.2, -0.15) is 0 Å². The molecule has 1 fully saturated rings. The number of fused-ring (bicyclic) bond motifs is 2. The highest BCUT2D eigenvalue weighted by Crippen LogP contribution is 2.46. The second-order valence-electron chi connectivity index (χ2n) is 9.65. The lowest BCUT2D eigenvalue weighted by molar-refractivity contribution is 0.0708. The predicted octanol–water partition coefficient (Wildman–Crippen LogP) is 6.16. The molecule has 28 heavy (non-hydrogen) atoms. The van der Waals surface area contributed by atoms with Gasteiger partial charge in [0.2, 0.25) is 0 Å². The molecule has 1 saturated heterocycles. The van der Waals surface area contributed by atoms with E-state index in [4.69, 9.17) is 4.99 Å². The standard InChI is InChI=1S/C26H34N2/c1-20(21-10-6-5-7-11-21)27-24-14-15-26(23-13-9-8-12-22(23)24)16-18-28(19-17-26)25(2,3)4/h5-13,20H,14-19H2,1-4H3/t20-/m0/s1. The molecule has 148 valence electrons. The van der Waals surface area contributed by atoms with Gasteiger partial charge in [0.15, 0.2) is 0 Å². The van der Waals surface area contributed by atoms with Crippen LogP contribution in [0.5, 0.6) is 0 Å². The van der Waals surface area contributed by atoms with Gasteiger partial charge in [0.25, 0.3) is 0 Å². The Morgan fingerprint density at radius 2 is 1.54 bits per heavy atom. The normalized spacial score (nSPS) is 22.2. The van der Waals surface area contributed by atoms with Crippen molar-refractivity contribution in [1.29, 1.82) is 0 Å². The van der Waals surface area contributed by atoms with Crippen molar-refractivity contribution in [2.75, 3.05) is 13.1 Å². The van der Waals surface area contributed by atoms with E-state index in [-0.39, 0.29) is 11.6 Å². The maximum atomic E-state index is 5.19. The van der Waals surface area contributed by atoms with Crippen LogP contribution >= 0.6 is 0 Å². The molecule has 2 nitrogen and oxygen atoms in total. The van der Waals surface area contributed by atoms with Crippen molar-refractivity contribution in [1.82, 2.24) is 4.90 Å². The minimum absolute atomic E-state index is 0.209. The van der Waals surface area contributed by atoms with Gasteiger partial charge in [0.1, 0.15) is 0 Å². The van der Waals surface area contributed by atoms with Gasteiger partial charge in [-0.15, -0.1) is 0 Å². The molecule has 1 aliphatic heterocycles. The molecule has 0 radical (unpaired) electrons. The molecule has 2 aliphatic rings. The van der Waals surface area contributed by atoms with Crippen LogP contribution in [0.4, 0.5) is 0 Å². The summed E-state index contributed by atoms with van der Waals surface area (Å²) in [6, 6.07) is 20.0. The molecule has 2 aromatic carbocycles. The van der Waals surface area contributed by atoms with Crippen LogP contribution in [0.25, 0.3) is 0 Å². The first-order valence-corrected chi connectivity index (χ1v) is 10.9. The van der Waals surface area contributed by atoms with Crippen LogP contribution in [-0.2, 0) is 5.41 Å². The van der Waals surface area contributed by atoms with Crippen LogP contribution < -0.4 is 0 Å². The second-order valence-corrected chi connectivity index (χ2v) is 9.65. The molecule has 0 amide bonds. The van der Waals surface area contributed by atoms with Gasteiger partial charge >= 0.3 is 0 Å². The van der Waals surface area contributed by atoms with Crippen LogP contribution in [0.3, 0.4) is 0 Å². The summed E-state index contributed by atoms with van der Waals surface area (Å²) in [4.78, 5) is 7.84. The van der Waals surface area contributed by atoms with Crippen molar-refractivity contribution in [3.8, 4) is 0 Å². The summed E-state index contributed by atoms with van der Waals surface area (Å²) >= 11 is 0. The first-order valence-electron chi connectivity index (χ1n) is 10.9. The molecule has 0 bridgehead atoms. The summed E-state index contributed by atoms with van der Waals surface area (Å²) in [6.45, 7) is 11.6. The van der Waals surface area contributed by atoms with Gasteiger partial charge in [-0.1, -0.05) is 54.6 Å². The first kappa shape index (κ1) is 19.4. The lowest BCUT2D eigenvalue weighted by Gasteiger charge is -2.49. The molecule has 2 heteroatoms. The van der Waals surface area contributed by atoms with E-state index < -0.39 is 0 Å². The van der Waals surface area contributed by atoms with E-state index in [1.165, 1.54) is 49.2 Å². The lowest BCUT2D eigenvalue weighted by Crippen LogP contribution is -2.51. The van der Waals surface area contributed by atoms with Gasteiger partial charge in [0, 0.05) is 11.3 Å². The summed E-state index contributed by atoms with van der Waals surface area (Å²) in [6.07, 6.45) is 4.87. The summed E-state index contributed by atoms with van der Waals surface area (Å²) in [5.74, 6) is 0. The Kier molecular flexibility index (Phi) is 5.18. The summed E-state index contributed by atoms with van der Waals surface area (Å²) in [7, 11) is 0. The van der Waals surface area contributed by atoms with Gasteiger partial charge in [-0.3, -0.25) is 9.89 Å². The highest BCUT2D eigenvalue weighted by molar-refractivity contribution is 6.03. The molecule has 1 atom stereocenters. The number of hydrogen-bond donors (Lipinski definition) is 0. The van der Waals surface area contributed by atoms with Crippen LogP contribution in [0, 0.1) is 0 Å². The third-order valence-electron chi connectivity index (χ3n) is 6.95. The molecule has 1 spiro atoms. The molecule has 0 unspecified atom stereocenters. The highest BCUT2D eigenvalue weighted by Gasteiger charge is 2.42. The van der Waals surface area contributed by atoms with Gasteiger partial charge in [-0.05, 0) is 88.6 Å². The summed E-state index contributed by atoms with van der Waals surface area (Å²) in [5.41, 5.74) is 6.16. The maximum absolute atomic E-state index is 5.19. The Bertz CT molecular complexity index is 836. The van der Waals surface area contributed by atoms with E-state index >= 15 is 0 Å². The molecule has 1 heterocycles. The molecular formula is C26H34N2. The summed E-state index contributed by atoms with van der Waals surface area (Å²) in [5, 5.41) is 0. The molecule has 4 rings (SSSR count). The number of likely N-dealkylation sites (tertiary alicyclic amines) is 1. The zero-order valence-electron chi connectivity index (χ0n) is 17.9. The van der Waals surface area contributed by atoms with Crippen molar-refractivity contribution in [2.45, 2.75) is 70.4 Å². The molecule has 0 N–H and O–H groups in total. The Balaban J connectivity index is 1.63. The molecule has 2 aromatic rings. The van der Waals surface area contributed by atoms with Gasteiger partial charge in [0.05, 0.1) is 6.04 Å². The first-order chi connectivity index (χ1) is 13.4. The van der Waals surface area contributed by atoms with E-state index in [1.54, 1.807) is 5.56 Å². The Morgan fingerprint density at radius 1 is 0.893 bits per heavy atom. The smallest absolute Gasteiger partial charge is 0.0724 e. The van der Waals surface area contributed by atoms with E-state index in [9.17, 15) is 0 Å². The molecular weight excluding hydrogens is 340 g/mol. The zero-order chi connectivity index (χ0) is 19.8. The SMILES string of the molecule is C[C@H](N=C1CCC2(CCN(C(C)(C)C)CC2)c2ccccc21)c1ccccc1. The molecule has 1 aliphatic carbocycles. The van der Waals surface area contributed by atoms with Crippen molar-refractivity contribution in [2.24, 2.45) is 4.99 Å². The Morgan fingerprint density at radius 3 is 2.21 bits per heavy atom. The lowest BCUT2D eigenvalue weighted by atomic mass is 9.64.